The Labute approximate surface area is 164 Å². The van der Waals surface area contributed by atoms with Crippen molar-refractivity contribution in [3.63, 3.8) is 0 Å². The first-order chi connectivity index (χ1) is 13.6. The number of pyridine rings is 1. The number of benzene rings is 1. The van der Waals surface area contributed by atoms with Crippen molar-refractivity contribution in [2.24, 2.45) is 0 Å². The summed E-state index contributed by atoms with van der Waals surface area (Å²) in [6.45, 7) is 1.94. The largest absolute Gasteiger partial charge is 0.361 e. The normalized spacial score (nSPS) is 14.1. The third-order valence-electron chi connectivity index (χ3n) is 4.96. The summed E-state index contributed by atoms with van der Waals surface area (Å²) in [6.07, 6.45) is 6.91. The molecule has 2 aromatic heterocycles. The standard InChI is InChI=1S/C21H24N6O/c1-26(2)19-17(14-23-21(25-19)27-12-6-3-7-13-27)24-20(28)18-16-9-5-4-8-15(16)10-11-22-18/h4-5,8-11,14H,3,6-7,12-13H2,1-2H3,(H,24,28). The highest BCUT2D eigenvalue weighted by atomic mass is 16.1. The van der Waals surface area contributed by atoms with Gasteiger partial charge in [0.05, 0.1) is 6.20 Å². The second-order valence-corrected chi connectivity index (χ2v) is 7.18. The third-order valence-corrected chi connectivity index (χ3v) is 4.96. The molecule has 0 unspecified atom stereocenters. The lowest BCUT2D eigenvalue weighted by Crippen LogP contribution is -2.31. The van der Waals surface area contributed by atoms with Crippen molar-refractivity contribution in [2.45, 2.75) is 19.3 Å². The SMILES string of the molecule is CN(C)c1nc(N2CCCCC2)ncc1NC(=O)c1nccc2ccccc12. The first kappa shape index (κ1) is 18.2. The van der Waals surface area contributed by atoms with Gasteiger partial charge in [-0.05, 0) is 30.7 Å². The Morgan fingerprint density at radius 1 is 1.07 bits per heavy atom. The molecular weight excluding hydrogens is 352 g/mol. The zero-order valence-electron chi connectivity index (χ0n) is 16.2. The summed E-state index contributed by atoms with van der Waals surface area (Å²) in [6, 6.07) is 9.62. The molecule has 1 amide bonds. The fourth-order valence-corrected chi connectivity index (χ4v) is 3.52. The second kappa shape index (κ2) is 7.80. The van der Waals surface area contributed by atoms with E-state index in [2.05, 4.69) is 20.2 Å². The van der Waals surface area contributed by atoms with Crippen molar-refractivity contribution in [3.8, 4) is 0 Å². The van der Waals surface area contributed by atoms with Crippen LogP contribution in [0.15, 0.2) is 42.7 Å². The van der Waals surface area contributed by atoms with E-state index in [0.717, 1.165) is 36.7 Å². The Morgan fingerprint density at radius 2 is 1.86 bits per heavy atom. The molecule has 7 heteroatoms. The molecule has 7 nitrogen and oxygen atoms in total. The van der Waals surface area contributed by atoms with E-state index in [9.17, 15) is 4.79 Å². The van der Waals surface area contributed by atoms with E-state index in [-0.39, 0.29) is 5.91 Å². The quantitative estimate of drug-likeness (QED) is 0.753. The first-order valence-corrected chi connectivity index (χ1v) is 9.58. The molecule has 4 rings (SSSR count). The van der Waals surface area contributed by atoms with E-state index < -0.39 is 0 Å². The van der Waals surface area contributed by atoms with Gasteiger partial charge in [-0.25, -0.2) is 4.98 Å². The van der Waals surface area contributed by atoms with Crippen LogP contribution >= 0.6 is 0 Å². The van der Waals surface area contributed by atoms with Gasteiger partial charge < -0.3 is 15.1 Å². The molecule has 1 fully saturated rings. The Morgan fingerprint density at radius 3 is 2.64 bits per heavy atom. The second-order valence-electron chi connectivity index (χ2n) is 7.18. The highest BCUT2D eigenvalue weighted by Gasteiger charge is 2.19. The molecule has 28 heavy (non-hydrogen) atoms. The maximum Gasteiger partial charge on any atom is 0.275 e. The smallest absolute Gasteiger partial charge is 0.275 e. The minimum absolute atomic E-state index is 0.269. The predicted octanol–water partition coefficient (Wildman–Crippen LogP) is 3.33. The zero-order chi connectivity index (χ0) is 19.5. The molecule has 0 radical (unpaired) electrons. The zero-order valence-corrected chi connectivity index (χ0v) is 16.2. The van der Waals surface area contributed by atoms with Crippen LogP contribution in [0.3, 0.4) is 0 Å². The van der Waals surface area contributed by atoms with Crippen molar-refractivity contribution in [2.75, 3.05) is 42.3 Å². The van der Waals surface area contributed by atoms with Crippen LogP contribution in [0.5, 0.6) is 0 Å². The summed E-state index contributed by atoms with van der Waals surface area (Å²) in [7, 11) is 3.82. The van der Waals surface area contributed by atoms with Crippen LogP contribution in [0.1, 0.15) is 29.8 Å². The molecule has 144 valence electrons. The minimum atomic E-state index is -0.269. The van der Waals surface area contributed by atoms with E-state index in [1.54, 1.807) is 12.4 Å². The lowest BCUT2D eigenvalue weighted by Gasteiger charge is -2.28. The van der Waals surface area contributed by atoms with Crippen LogP contribution in [0, 0.1) is 0 Å². The highest BCUT2D eigenvalue weighted by molar-refractivity contribution is 6.12. The van der Waals surface area contributed by atoms with Crippen LogP contribution in [0.4, 0.5) is 17.5 Å². The molecule has 0 bridgehead atoms. The number of carbonyl (C=O) groups excluding carboxylic acids is 1. The number of rotatable bonds is 4. The van der Waals surface area contributed by atoms with Gasteiger partial charge in [0.25, 0.3) is 5.91 Å². The number of anilines is 3. The predicted molar refractivity (Wildman–Crippen MR) is 112 cm³/mol. The average molecular weight is 376 g/mol. The number of piperidine rings is 1. The molecule has 1 aromatic carbocycles. The number of nitrogens with zero attached hydrogens (tertiary/aromatic N) is 5. The summed E-state index contributed by atoms with van der Waals surface area (Å²) in [5.41, 5.74) is 0.966. The molecular formula is C21H24N6O. The van der Waals surface area contributed by atoms with Gasteiger partial charge in [-0.3, -0.25) is 9.78 Å². The van der Waals surface area contributed by atoms with Gasteiger partial charge in [-0.2, -0.15) is 4.98 Å². The molecule has 3 heterocycles. The number of aromatic nitrogens is 3. The van der Waals surface area contributed by atoms with Crippen LogP contribution < -0.4 is 15.1 Å². The van der Waals surface area contributed by atoms with Crippen LogP contribution in [0.2, 0.25) is 0 Å². The number of nitrogens with one attached hydrogen (secondary N) is 1. The van der Waals surface area contributed by atoms with Crippen LogP contribution in [-0.4, -0.2) is 48.0 Å². The van der Waals surface area contributed by atoms with Crippen molar-refractivity contribution in [1.29, 1.82) is 0 Å². The highest BCUT2D eigenvalue weighted by Crippen LogP contribution is 2.26. The van der Waals surface area contributed by atoms with Gasteiger partial charge >= 0.3 is 0 Å². The maximum atomic E-state index is 12.9. The number of hydrogen-bond donors (Lipinski definition) is 1. The van der Waals surface area contributed by atoms with Crippen LogP contribution in [-0.2, 0) is 0 Å². The first-order valence-electron chi connectivity index (χ1n) is 9.58. The Kier molecular flexibility index (Phi) is 5.06. The topological polar surface area (TPSA) is 74.2 Å². The number of carbonyl (C=O) groups is 1. The number of amides is 1. The fourth-order valence-electron chi connectivity index (χ4n) is 3.52. The van der Waals surface area contributed by atoms with Crippen LogP contribution in [0.25, 0.3) is 10.8 Å². The molecule has 1 N–H and O–H groups in total. The maximum absolute atomic E-state index is 12.9. The molecule has 0 spiro atoms. The molecule has 3 aromatic rings. The summed E-state index contributed by atoms with van der Waals surface area (Å²) in [5.74, 6) is 1.13. The Bertz CT molecular complexity index is 992. The van der Waals surface area contributed by atoms with Gasteiger partial charge in [-0.1, -0.05) is 24.3 Å². The van der Waals surface area contributed by atoms with Gasteiger partial charge in [-0.15, -0.1) is 0 Å². The van der Waals surface area contributed by atoms with Gasteiger partial charge in [0, 0.05) is 38.8 Å². The van der Waals surface area contributed by atoms with Crippen molar-refractivity contribution in [3.05, 3.63) is 48.4 Å². The third kappa shape index (κ3) is 3.60. The minimum Gasteiger partial charge on any atom is -0.361 e. The molecule has 0 atom stereocenters. The number of hydrogen-bond acceptors (Lipinski definition) is 6. The van der Waals surface area contributed by atoms with E-state index in [1.165, 1.54) is 6.42 Å². The summed E-state index contributed by atoms with van der Waals surface area (Å²) in [4.78, 5) is 30.5. The summed E-state index contributed by atoms with van der Waals surface area (Å²) < 4.78 is 0. The molecule has 0 aliphatic carbocycles. The molecule has 1 aliphatic rings. The molecule has 0 saturated carbocycles. The van der Waals surface area contributed by atoms with Crippen molar-refractivity contribution < 1.29 is 4.79 Å². The van der Waals surface area contributed by atoms with Crippen molar-refractivity contribution >= 4 is 34.1 Å². The van der Waals surface area contributed by atoms with Gasteiger partial charge in [0.15, 0.2) is 5.82 Å². The molecule has 1 saturated heterocycles. The van der Waals surface area contributed by atoms with Gasteiger partial charge in [0.1, 0.15) is 11.4 Å². The fraction of sp³-hybridized carbons (Fsp3) is 0.333. The van der Waals surface area contributed by atoms with E-state index in [0.29, 0.717) is 23.1 Å². The molecule has 1 aliphatic heterocycles. The Hall–Kier alpha value is -3.22. The summed E-state index contributed by atoms with van der Waals surface area (Å²) >= 11 is 0. The lowest BCUT2D eigenvalue weighted by molar-refractivity contribution is 0.102. The van der Waals surface area contributed by atoms with E-state index >= 15 is 0 Å². The van der Waals surface area contributed by atoms with Gasteiger partial charge in [0.2, 0.25) is 5.95 Å². The average Bonchev–Trinajstić information content (AvgIpc) is 2.74. The van der Waals surface area contributed by atoms with E-state index in [1.807, 2.05) is 49.3 Å². The van der Waals surface area contributed by atoms with E-state index in [4.69, 9.17) is 4.98 Å². The van der Waals surface area contributed by atoms with Crippen molar-refractivity contribution in [1.82, 2.24) is 15.0 Å². The lowest BCUT2D eigenvalue weighted by atomic mass is 10.1. The summed E-state index contributed by atoms with van der Waals surface area (Å²) in [5, 5.41) is 4.74. The monoisotopic (exact) mass is 376 g/mol. The number of fused-ring (bicyclic) bond motifs is 1. The Balaban J connectivity index is 1.64.